The maximum atomic E-state index is 11.3. The van der Waals surface area contributed by atoms with Gasteiger partial charge in [0.25, 0.3) is 6.43 Å². The van der Waals surface area contributed by atoms with E-state index < -0.39 is 30.2 Å². The summed E-state index contributed by atoms with van der Waals surface area (Å²) < 4.78 is 57.4. The van der Waals surface area contributed by atoms with Gasteiger partial charge in [0.2, 0.25) is 0 Å². The van der Waals surface area contributed by atoms with Gasteiger partial charge in [-0.2, -0.15) is 8.42 Å². The second kappa shape index (κ2) is 6.77. The molecule has 0 aliphatic carbocycles. The zero-order chi connectivity index (χ0) is 8.91. The minimum atomic E-state index is -4.59. The van der Waals surface area contributed by atoms with Gasteiger partial charge in [-0.25, -0.2) is 13.0 Å². The molecule has 5 nitrogen and oxygen atoms in total. The van der Waals surface area contributed by atoms with E-state index in [-0.39, 0.29) is 18.9 Å². The van der Waals surface area contributed by atoms with Crippen LogP contribution in [0, 0.1) is 0 Å². The minimum absolute atomic E-state index is 0. The second-order valence-corrected chi connectivity index (χ2v) is 2.52. The van der Waals surface area contributed by atoms with Crippen LogP contribution < -0.4 is 0 Å². The Balaban J connectivity index is 0. The molecule has 0 rings (SSSR count). The molecule has 1 N–H and O–H groups in total. The van der Waals surface area contributed by atoms with Gasteiger partial charge in [0.05, 0.1) is 0 Å². The van der Waals surface area contributed by atoms with Gasteiger partial charge in [0, 0.05) is 0 Å². The van der Waals surface area contributed by atoms with E-state index in [0.717, 1.165) is 0 Å². The SMILES string of the molecule is O=S(=O)(O)OCOCC(F)F.[LiH]. The van der Waals surface area contributed by atoms with E-state index in [0.29, 0.717) is 0 Å². The van der Waals surface area contributed by atoms with Crippen LogP contribution in [0.4, 0.5) is 8.78 Å². The van der Waals surface area contributed by atoms with Crippen LogP contribution in [0.5, 0.6) is 0 Å². The monoisotopic (exact) mass is 200 g/mol. The normalized spacial score (nSPS) is 11.3. The molecule has 0 aliphatic heterocycles. The molecule has 0 aromatic carbocycles. The molecule has 0 radical (unpaired) electrons. The van der Waals surface area contributed by atoms with Crippen LogP contribution in [0.15, 0.2) is 0 Å². The van der Waals surface area contributed by atoms with Crippen LogP contribution in [0.2, 0.25) is 0 Å². The predicted octanol–water partition coefficient (Wildman–Crippen LogP) is -0.603. The standard InChI is InChI=1S/C3H6F2O5S.Li.H/c4-3(5)1-9-2-10-11(6,7)8;;/h3H,1-2H2,(H,6,7,8);;. The summed E-state index contributed by atoms with van der Waals surface area (Å²) >= 11 is 0. The van der Waals surface area contributed by atoms with Crippen molar-refractivity contribution in [1.29, 1.82) is 0 Å². The van der Waals surface area contributed by atoms with Crippen LogP contribution in [-0.2, 0) is 19.3 Å². The third kappa shape index (κ3) is 12.9. The van der Waals surface area contributed by atoms with E-state index in [9.17, 15) is 17.2 Å². The first kappa shape index (κ1) is 14.8. The van der Waals surface area contributed by atoms with E-state index in [4.69, 9.17) is 4.55 Å². The number of hydrogen-bond acceptors (Lipinski definition) is 4. The Kier molecular flexibility index (Phi) is 8.34. The van der Waals surface area contributed by atoms with Gasteiger partial charge in [-0.05, 0) is 0 Å². The van der Waals surface area contributed by atoms with Crippen LogP contribution in [0.3, 0.4) is 0 Å². The Bertz CT molecular complexity index is 193. The van der Waals surface area contributed by atoms with Gasteiger partial charge < -0.3 is 4.74 Å². The van der Waals surface area contributed by atoms with Crippen molar-refractivity contribution in [2.24, 2.45) is 0 Å². The molecule has 0 saturated heterocycles. The fraction of sp³-hybridized carbons (Fsp3) is 1.00. The van der Waals surface area contributed by atoms with Gasteiger partial charge in [-0.15, -0.1) is 0 Å². The average molecular weight is 200 g/mol. The van der Waals surface area contributed by atoms with Crippen LogP contribution in [0.1, 0.15) is 0 Å². The van der Waals surface area contributed by atoms with Crippen molar-refractivity contribution in [2.75, 3.05) is 13.4 Å². The second-order valence-electron chi connectivity index (χ2n) is 1.43. The molecule has 0 amide bonds. The number of hydrogen-bond donors (Lipinski definition) is 1. The number of rotatable bonds is 5. The molecular weight excluding hydrogens is 193 g/mol. The molecule has 0 bridgehead atoms. The molecule has 0 heterocycles. The van der Waals surface area contributed by atoms with Crippen molar-refractivity contribution in [2.45, 2.75) is 6.43 Å². The summed E-state index contributed by atoms with van der Waals surface area (Å²) in [4.78, 5) is 0. The van der Waals surface area contributed by atoms with Crippen LogP contribution in [0.25, 0.3) is 0 Å². The predicted molar refractivity (Wildman–Crippen MR) is 36.6 cm³/mol. The van der Waals surface area contributed by atoms with Gasteiger partial charge in [-0.3, -0.25) is 4.55 Å². The zero-order valence-electron chi connectivity index (χ0n) is 5.24. The Morgan fingerprint density at radius 2 is 1.92 bits per heavy atom. The van der Waals surface area contributed by atoms with E-state index in [1.54, 1.807) is 0 Å². The molecule has 0 spiro atoms. The summed E-state index contributed by atoms with van der Waals surface area (Å²) in [5.74, 6) is 0. The van der Waals surface area contributed by atoms with Gasteiger partial charge in [0.15, 0.2) is 6.79 Å². The molecule has 12 heavy (non-hydrogen) atoms. The first-order valence-corrected chi connectivity index (χ1v) is 3.76. The van der Waals surface area contributed by atoms with Crippen molar-refractivity contribution in [1.82, 2.24) is 0 Å². The van der Waals surface area contributed by atoms with Crippen LogP contribution in [-0.4, -0.2) is 51.7 Å². The molecule has 0 saturated carbocycles. The maximum absolute atomic E-state index is 11.3. The fourth-order valence-corrected chi connectivity index (χ4v) is 0.422. The Hall–Kier alpha value is 0.287. The molecule has 0 unspecified atom stereocenters. The topological polar surface area (TPSA) is 72.8 Å². The summed E-state index contributed by atoms with van der Waals surface area (Å²) in [5.41, 5.74) is 0. The summed E-state index contributed by atoms with van der Waals surface area (Å²) in [5, 5.41) is 0. The third-order valence-electron chi connectivity index (χ3n) is 0.524. The van der Waals surface area contributed by atoms with Crippen molar-refractivity contribution in [3.8, 4) is 0 Å². The van der Waals surface area contributed by atoms with Crippen LogP contribution >= 0.6 is 0 Å². The molecular formula is C3H7F2LiO5S. The summed E-state index contributed by atoms with van der Waals surface area (Å²) in [7, 11) is -4.59. The molecule has 9 heteroatoms. The third-order valence-corrected chi connectivity index (χ3v) is 0.918. The van der Waals surface area contributed by atoms with E-state index in [1.807, 2.05) is 0 Å². The van der Waals surface area contributed by atoms with E-state index in [2.05, 4.69) is 8.92 Å². The van der Waals surface area contributed by atoms with Gasteiger partial charge >= 0.3 is 29.3 Å². The number of ether oxygens (including phenoxy) is 1. The van der Waals surface area contributed by atoms with Crippen molar-refractivity contribution in [3.63, 3.8) is 0 Å². The quantitative estimate of drug-likeness (QED) is 0.277. The molecule has 0 aromatic rings. The molecule has 0 aliphatic rings. The van der Waals surface area contributed by atoms with Gasteiger partial charge in [-0.1, -0.05) is 0 Å². The first-order valence-electron chi connectivity index (χ1n) is 2.39. The average Bonchev–Trinajstić information content (AvgIpc) is 1.78. The first-order chi connectivity index (χ1) is 4.92. The van der Waals surface area contributed by atoms with Gasteiger partial charge in [0.1, 0.15) is 6.61 Å². The van der Waals surface area contributed by atoms with Crippen molar-refractivity contribution in [3.05, 3.63) is 0 Å². The molecule has 70 valence electrons. The zero-order valence-corrected chi connectivity index (χ0v) is 6.05. The molecule has 0 fully saturated rings. The van der Waals surface area contributed by atoms with Crippen molar-refractivity contribution >= 4 is 29.3 Å². The Morgan fingerprint density at radius 3 is 2.25 bits per heavy atom. The fourth-order valence-electron chi connectivity index (χ4n) is 0.232. The summed E-state index contributed by atoms with van der Waals surface area (Å²) in [6.07, 6.45) is -2.69. The number of alkyl halides is 2. The molecule has 0 aromatic heterocycles. The van der Waals surface area contributed by atoms with E-state index in [1.165, 1.54) is 0 Å². The molecule has 0 atom stereocenters. The van der Waals surface area contributed by atoms with E-state index >= 15 is 0 Å². The number of halogens is 2. The Labute approximate surface area is 80.2 Å². The Morgan fingerprint density at radius 1 is 1.42 bits per heavy atom. The summed E-state index contributed by atoms with van der Waals surface area (Å²) in [6, 6.07) is 0. The summed E-state index contributed by atoms with van der Waals surface area (Å²) in [6.45, 7) is -1.85. The van der Waals surface area contributed by atoms with Crippen molar-refractivity contribution < 1.29 is 30.7 Å².